The van der Waals surface area contributed by atoms with Crippen molar-refractivity contribution < 1.29 is 4.39 Å². The standard InChI is InChI=1S/C14H14FN/c1-10-7-11(9-12(8-10)16-2)13-5-3-4-6-14(13)15/h3-9,16H,1-2H3. The van der Waals surface area contributed by atoms with E-state index in [9.17, 15) is 4.39 Å². The third-order valence-electron chi connectivity index (χ3n) is 2.55. The van der Waals surface area contributed by atoms with Crippen LogP contribution in [0.3, 0.4) is 0 Å². The average molecular weight is 215 g/mol. The van der Waals surface area contributed by atoms with Gasteiger partial charge in [-0.15, -0.1) is 0 Å². The van der Waals surface area contributed by atoms with E-state index in [1.807, 2.05) is 38.2 Å². The van der Waals surface area contributed by atoms with Crippen LogP contribution in [-0.2, 0) is 0 Å². The maximum Gasteiger partial charge on any atom is 0.131 e. The van der Waals surface area contributed by atoms with Crippen molar-refractivity contribution in [1.29, 1.82) is 0 Å². The summed E-state index contributed by atoms with van der Waals surface area (Å²) in [4.78, 5) is 0. The summed E-state index contributed by atoms with van der Waals surface area (Å²) < 4.78 is 13.6. The van der Waals surface area contributed by atoms with Gasteiger partial charge in [0.25, 0.3) is 0 Å². The van der Waals surface area contributed by atoms with Crippen molar-refractivity contribution in [2.75, 3.05) is 12.4 Å². The van der Waals surface area contributed by atoms with Crippen molar-refractivity contribution in [2.45, 2.75) is 6.92 Å². The fourth-order valence-corrected chi connectivity index (χ4v) is 1.78. The second-order valence-corrected chi connectivity index (χ2v) is 3.82. The first kappa shape index (κ1) is 10.7. The lowest BCUT2D eigenvalue weighted by atomic mass is 10.0. The fraction of sp³-hybridized carbons (Fsp3) is 0.143. The van der Waals surface area contributed by atoms with Crippen LogP contribution in [0, 0.1) is 12.7 Å². The molecule has 2 aromatic carbocycles. The van der Waals surface area contributed by atoms with Crippen molar-refractivity contribution in [3.63, 3.8) is 0 Å². The van der Waals surface area contributed by atoms with Crippen molar-refractivity contribution in [2.24, 2.45) is 0 Å². The lowest BCUT2D eigenvalue weighted by Gasteiger charge is -2.08. The highest BCUT2D eigenvalue weighted by Crippen LogP contribution is 2.26. The topological polar surface area (TPSA) is 12.0 Å². The van der Waals surface area contributed by atoms with Gasteiger partial charge in [-0.25, -0.2) is 4.39 Å². The summed E-state index contributed by atoms with van der Waals surface area (Å²) in [6.45, 7) is 2.01. The number of hydrogen-bond donors (Lipinski definition) is 1. The summed E-state index contributed by atoms with van der Waals surface area (Å²) in [7, 11) is 1.86. The summed E-state index contributed by atoms with van der Waals surface area (Å²) in [5.74, 6) is -0.185. The molecule has 0 unspecified atom stereocenters. The SMILES string of the molecule is CNc1cc(C)cc(-c2ccccc2F)c1. The molecule has 1 N–H and O–H groups in total. The first-order valence-electron chi connectivity index (χ1n) is 5.25. The summed E-state index contributed by atoms with van der Waals surface area (Å²) in [5.41, 5.74) is 3.66. The molecule has 0 saturated heterocycles. The van der Waals surface area contributed by atoms with Crippen LogP contribution in [0.15, 0.2) is 42.5 Å². The van der Waals surface area contributed by atoms with Gasteiger partial charge in [0.2, 0.25) is 0 Å². The molecule has 0 aromatic heterocycles. The Morgan fingerprint density at radius 2 is 1.81 bits per heavy atom. The Morgan fingerprint density at radius 3 is 2.50 bits per heavy atom. The molecule has 0 heterocycles. The van der Waals surface area contributed by atoms with E-state index in [1.165, 1.54) is 6.07 Å². The maximum absolute atomic E-state index is 13.6. The van der Waals surface area contributed by atoms with Gasteiger partial charge in [0.05, 0.1) is 0 Å². The minimum absolute atomic E-state index is 0.185. The number of rotatable bonds is 2. The van der Waals surface area contributed by atoms with E-state index in [1.54, 1.807) is 12.1 Å². The first-order valence-corrected chi connectivity index (χ1v) is 5.25. The maximum atomic E-state index is 13.6. The molecular formula is C14H14FN. The van der Waals surface area contributed by atoms with Gasteiger partial charge < -0.3 is 5.32 Å². The van der Waals surface area contributed by atoms with Crippen LogP contribution in [0.25, 0.3) is 11.1 Å². The van der Waals surface area contributed by atoms with Gasteiger partial charge in [0.15, 0.2) is 0 Å². The van der Waals surface area contributed by atoms with Gasteiger partial charge in [0.1, 0.15) is 5.82 Å². The van der Waals surface area contributed by atoms with Gasteiger partial charge in [0, 0.05) is 18.3 Å². The molecule has 0 spiro atoms. The Bertz CT molecular complexity index is 506. The number of aryl methyl sites for hydroxylation is 1. The van der Waals surface area contributed by atoms with Crippen molar-refractivity contribution in [3.05, 3.63) is 53.8 Å². The van der Waals surface area contributed by atoms with E-state index in [4.69, 9.17) is 0 Å². The Hall–Kier alpha value is -1.83. The molecule has 2 heteroatoms. The zero-order valence-electron chi connectivity index (χ0n) is 9.42. The minimum Gasteiger partial charge on any atom is -0.388 e. The van der Waals surface area contributed by atoms with E-state index in [0.717, 1.165) is 16.8 Å². The highest BCUT2D eigenvalue weighted by Gasteiger charge is 2.05. The molecular weight excluding hydrogens is 201 g/mol. The van der Waals surface area contributed by atoms with E-state index >= 15 is 0 Å². The van der Waals surface area contributed by atoms with Crippen LogP contribution in [-0.4, -0.2) is 7.05 Å². The molecule has 0 saturated carbocycles. The van der Waals surface area contributed by atoms with Gasteiger partial charge in [-0.05, 0) is 36.2 Å². The van der Waals surface area contributed by atoms with Gasteiger partial charge in [-0.2, -0.15) is 0 Å². The molecule has 0 amide bonds. The molecule has 0 atom stereocenters. The molecule has 0 aliphatic carbocycles. The Balaban J connectivity index is 2.56. The summed E-state index contributed by atoms with van der Waals surface area (Å²) in [6.07, 6.45) is 0. The minimum atomic E-state index is -0.185. The number of halogens is 1. The lowest BCUT2D eigenvalue weighted by molar-refractivity contribution is 0.631. The van der Waals surface area contributed by atoms with Crippen molar-refractivity contribution in [1.82, 2.24) is 0 Å². The molecule has 82 valence electrons. The monoisotopic (exact) mass is 215 g/mol. The molecule has 16 heavy (non-hydrogen) atoms. The second kappa shape index (κ2) is 4.35. The summed E-state index contributed by atoms with van der Waals surface area (Å²) in [6, 6.07) is 12.8. The number of benzene rings is 2. The Labute approximate surface area is 94.9 Å². The van der Waals surface area contributed by atoms with Crippen molar-refractivity contribution >= 4 is 5.69 Å². The highest BCUT2D eigenvalue weighted by atomic mass is 19.1. The molecule has 1 nitrogen and oxygen atoms in total. The van der Waals surface area contributed by atoms with Crippen LogP contribution >= 0.6 is 0 Å². The van der Waals surface area contributed by atoms with E-state index in [-0.39, 0.29) is 5.82 Å². The molecule has 2 rings (SSSR count). The second-order valence-electron chi connectivity index (χ2n) is 3.82. The van der Waals surface area contributed by atoms with Crippen LogP contribution in [0.1, 0.15) is 5.56 Å². The van der Waals surface area contributed by atoms with Crippen LogP contribution < -0.4 is 5.32 Å². The third-order valence-corrected chi connectivity index (χ3v) is 2.55. The zero-order valence-corrected chi connectivity index (χ0v) is 9.42. The van der Waals surface area contributed by atoms with Gasteiger partial charge in [-0.3, -0.25) is 0 Å². The van der Waals surface area contributed by atoms with E-state index < -0.39 is 0 Å². The van der Waals surface area contributed by atoms with Crippen molar-refractivity contribution in [3.8, 4) is 11.1 Å². The Kier molecular flexibility index (Phi) is 2.91. The number of anilines is 1. The van der Waals surface area contributed by atoms with Crippen LogP contribution in [0.5, 0.6) is 0 Å². The summed E-state index contributed by atoms with van der Waals surface area (Å²) in [5, 5.41) is 3.07. The zero-order chi connectivity index (χ0) is 11.5. The normalized spacial score (nSPS) is 10.2. The third kappa shape index (κ3) is 2.06. The van der Waals surface area contributed by atoms with E-state index in [0.29, 0.717) is 5.56 Å². The molecule has 0 radical (unpaired) electrons. The predicted molar refractivity (Wildman–Crippen MR) is 66.1 cm³/mol. The number of hydrogen-bond acceptors (Lipinski definition) is 1. The smallest absolute Gasteiger partial charge is 0.131 e. The number of nitrogens with one attached hydrogen (secondary N) is 1. The predicted octanol–water partition coefficient (Wildman–Crippen LogP) is 3.84. The average Bonchev–Trinajstić information content (AvgIpc) is 2.28. The molecule has 0 aliphatic heterocycles. The quantitative estimate of drug-likeness (QED) is 0.802. The molecule has 2 aromatic rings. The lowest BCUT2D eigenvalue weighted by Crippen LogP contribution is -1.91. The molecule has 0 fully saturated rings. The van der Waals surface area contributed by atoms with Crippen LogP contribution in [0.4, 0.5) is 10.1 Å². The largest absolute Gasteiger partial charge is 0.388 e. The molecule has 0 bridgehead atoms. The van der Waals surface area contributed by atoms with Gasteiger partial charge >= 0.3 is 0 Å². The summed E-state index contributed by atoms with van der Waals surface area (Å²) >= 11 is 0. The first-order chi connectivity index (χ1) is 7.70. The highest BCUT2D eigenvalue weighted by molar-refractivity contribution is 5.69. The van der Waals surface area contributed by atoms with Gasteiger partial charge in [-0.1, -0.05) is 24.3 Å². The van der Waals surface area contributed by atoms with Crippen LogP contribution in [0.2, 0.25) is 0 Å². The van der Waals surface area contributed by atoms with E-state index in [2.05, 4.69) is 5.32 Å². The molecule has 0 aliphatic rings. The fourth-order valence-electron chi connectivity index (χ4n) is 1.78. The Morgan fingerprint density at radius 1 is 1.06 bits per heavy atom.